The summed E-state index contributed by atoms with van der Waals surface area (Å²) in [7, 11) is 0. The minimum Gasteiger partial charge on any atom is -0.479 e. The minimum atomic E-state index is -1.14. The number of hydrogen-bond donors (Lipinski definition) is 1. The fourth-order valence-electron chi connectivity index (χ4n) is 1.68. The van der Waals surface area contributed by atoms with Crippen LogP contribution in [0.4, 0.5) is 0 Å². The summed E-state index contributed by atoms with van der Waals surface area (Å²) in [4.78, 5) is 11.4. The van der Waals surface area contributed by atoms with Crippen LogP contribution in [0.1, 0.15) is 20.3 Å². The van der Waals surface area contributed by atoms with Gasteiger partial charge in [-0.05, 0) is 23.8 Å². The van der Waals surface area contributed by atoms with Gasteiger partial charge in [0.2, 0.25) is 0 Å². The normalized spacial score (nSPS) is 14.1. The predicted molar refractivity (Wildman–Crippen MR) is 64.8 cm³/mol. The van der Waals surface area contributed by atoms with E-state index in [4.69, 9.17) is 0 Å². The van der Waals surface area contributed by atoms with Crippen LogP contribution in [-0.4, -0.2) is 31.3 Å². The number of carboxylic acids is 1. The molecule has 6 heteroatoms. The minimum absolute atomic E-state index is 0.396. The fraction of sp³-hybridized carbons (Fsp3) is 0.333. The lowest BCUT2D eigenvalue weighted by molar-refractivity contribution is -0.147. The average Bonchev–Trinajstić information content (AvgIpc) is 2.88. The molecule has 94 valence electrons. The number of rotatable bonds is 4. The highest BCUT2D eigenvalue weighted by molar-refractivity contribution is 5.77. The van der Waals surface area contributed by atoms with E-state index < -0.39 is 11.5 Å². The third kappa shape index (κ3) is 1.85. The highest BCUT2D eigenvalue weighted by atomic mass is 16.4. The van der Waals surface area contributed by atoms with E-state index in [1.165, 1.54) is 4.68 Å². The van der Waals surface area contributed by atoms with Crippen LogP contribution in [0.2, 0.25) is 0 Å². The van der Waals surface area contributed by atoms with Crippen molar-refractivity contribution in [2.75, 3.05) is 0 Å². The molecule has 0 fully saturated rings. The van der Waals surface area contributed by atoms with Gasteiger partial charge in [0.05, 0.1) is 0 Å². The summed E-state index contributed by atoms with van der Waals surface area (Å²) in [5, 5.41) is 20.7. The van der Waals surface area contributed by atoms with Crippen molar-refractivity contribution >= 4 is 5.97 Å². The maximum absolute atomic E-state index is 11.4. The van der Waals surface area contributed by atoms with E-state index in [0.29, 0.717) is 12.2 Å². The molecular weight excluding hydrogens is 232 g/mol. The lowest BCUT2D eigenvalue weighted by atomic mass is 9.99. The number of carbonyl (C=O) groups is 1. The summed E-state index contributed by atoms with van der Waals surface area (Å²) in [5.74, 6) is -0.489. The van der Waals surface area contributed by atoms with Crippen molar-refractivity contribution in [2.45, 2.75) is 25.8 Å². The smallest absolute Gasteiger partial charge is 0.331 e. The zero-order valence-corrected chi connectivity index (χ0v) is 10.2. The number of benzene rings is 1. The van der Waals surface area contributed by atoms with Gasteiger partial charge in [-0.2, -0.15) is 0 Å². The molecule has 6 nitrogen and oxygen atoms in total. The van der Waals surface area contributed by atoms with Gasteiger partial charge in [-0.25, -0.2) is 9.48 Å². The third-order valence-corrected chi connectivity index (χ3v) is 3.12. The summed E-state index contributed by atoms with van der Waals surface area (Å²) in [5.41, 5.74) is -0.349. The van der Waals surface area contributed by atoms with E-state index >= 15 is 0 Å². The molecule has 0 spiro atoms. The van der Waals surface area contributed by atoms with Gasteiger partial charge in [0, 0.05) is 5.56 Å². The van der Waals surface area contributed by atoms with Gasteiger partial charge < -0.3 is 5.11 Å². The average molecular weight is 246 g/mol. The van der Waals surface area contributed by atoms with Crippen LogP contribution in [0.25, 0.3) is 11.4 Å². The van der Waals surface area contributed by atoms with Crippen molar-refractivity contribution in [3.05, 3.63) is 30.3 Å². The molecule has 0 saturated heterocycles. The molecule has 2 rings (SSSR count). The lowest BCUT2D eigenvalue weighted by Gasteiger charge is -2.23. The Kier molecular flexibility index (Phi) is 3.10. The molecule has 0 aliphatic carbocycles. The fourth-order valence-corrected chi connectivity index (χ4v) is 1.68. The zero-order chi connectivity index (χ0) is 13.2. The molecule has 0 aliphatic rings. The molecule has 2 aromatic rings. The maximum atomic E-state index is 11.4. The van der Waals surface area contributed by atoms with E-state index in [9.17, 15) is 9.90 Å². The van der Waals surface area contributed by atoms with Crippen molar-refractivity contribution in [3.63, 3.8) is 0 Å². The van der Waals surface area contributed by atoms with Crippen LogP contribution < -0.4 is 0 Å². The highest BCUT2D eigenvalue weighted by Gasteiger charge is 2.37. The standard InChI is InChI=1S/C12H14N4O2/c1-3-12(2,11(17)18)16-10(13-14-15-16)9-7-5-4-6-8-9/h4-8H,3H2,1-2H3,(H,17,18). The monoisotopic (exact) mass is 246 g/mol. The maximum Gasteiger partial charge on any atom is 0.331 e. The highest BCUT2D eigenvalue weighted by Crippen LogP contribution is 2.25. The van der Waals surface area contributed by atoms with Crippen molar-refractivity contribution < 1.29 is 9.90 Å². The van der Waals surface area contributed by atoms with Crippen molar-refractivity contribution in [3.8, 4) is 11.4 Å². The Balaban J connectivity index is 2.55. The molecule has 1 aromatic carbocycles. The Morgan fingerprint density at radius 3 is 2.61 bits per heavy atom. The van der Waals surface area contributed by atoms with Crippen LogP contribution in [0, 0.1) is 0 Å². The number of carboxylic acid groups (broad SMARTS) is 1. The van der Waals surface area contributed by atoms with Crippen LogP contribution in [0.3, 0.4) is 0 Å². The topological polar surface area (TPSA) is 80.9 Å². The van der Waals surface area contributed by atoms with Crippen LogP contribution in [0.15, 0.2) is 30.3 Å². The molecule has 0 bridgehead atoms. The van der Waals surface area contributed by atoms with Crippen molar-refractivity contribution in [1.82, 2.24) is 20.2 Å². The van der Waals surface area contributed by atoms with Gasteiger partial charge in [-0.3, -0.25) is 0 Å². The zero-order valence-electron chi connectivity index (χ0n) is 10.2. The quantitative estimate of drug-likeness (QED) is 0.885. The van der Waals surface area contributed by atoms with Crippen LogP contribution in [0.5, 0.6) is 0 Å². The molecule has 1 N–H and O–H groups in total. The Bertz CT molecular complexity index is 552. The number of tetrazole rings is 1. The summed E-state index contributed by atoms with van der Waals surface area (Å²) in [6, 6.07) is 9.30. The summed E-state index contributed by atoms with van der Waals surface area (Å²) in [6.45, 7) is 3.41. The van der Waals surface area contributed by atoms with Crippen LogP contribution >= 0.6 is 0 Å². The van der Waals surface area contributed by atoms with Crippen molar-refractivity contribution in [1.29, 1.82) is 0 Å². The second-order valence-corrected chi connectivity index (χ2v) is 4.21. The Morgan fingerprint density at radius 2 is 2.06 bits per heavy atom. The molecule has 0 saturated carbocycles. The van der Waals surface area contributed by atoms with Gasteiger partial charge in [-0.1, -0.05) is 37.3 Å². The molecule has 18 heavy (non-hydrogen) atoms. The third-order valence-electron chi connectivity index (χ3n) is 3.12. The first-order valence-electron chi connectivity index (χ1n) is 5.67. The molecule has 0 radical (unpaired) electrons. The van der Waals surface area contributed by atoms with E-state index in [-0.39, 0.29) is 0 Å². The van der Waals surface area contributed by atoms with Crippen LogP contribution in [-0.2, 0) is 10.3 Å². The SMILES string of the molecule is CCC(C)(C(=O)O)n1nnnc1-c1ccccc1. The first-order valence-corrected chi connectivity index (χ1v) is 5.67. The molecule has 0 aliphatic heterocycles. The predicted octanol–water partition coefficient (Wildman–Crippen LogP) is 1.55. The first-order chi connectivity index (χ1) is 8.59. The van der Waals surface area contributed by atoms with Gasteiger partial charge in [0.25, 0.3) is 0 Å². The second kappa shape index (κ2) is 4.56. The number of aliphatic carboxylic acids is 1. The molecular formula is C12H14N4O2. The second-order valence-electron chi connectivity index (χ2n) is 4.21. The van der Waals surface area contributed by atoms with E-state index in [1.807, 2.05) is 30.3 Å². The van der Waals surface area contributed by atoms with E-state index in [0.717, 1.165) is 5.56 Å². The van der Waals surface area contributed by atoms with Crippen molar-refractivity contribution in [2.24, 2.45) is 0 Å². The van der Waals surface area contributed by atoms with E-state index in [1.54, 1.807) is 13.8 Å². The van der Waals surface area contributed by atoms with Gasteiger partial charge in [-0.15, -0.1) is 5.10 Å². The summed E-state index contributed by atoms with van der Waals surface area (Å²) >= 11 is 0. The largest absolute Gasteiger partial charge is 0.479 e. The molecule has 1 aromatic heterocycles. The molecule has 1 unspecified atom stereocenters. The lowest BCUT2D eigenvalue weighted by Crippen LogP contribution is -2.39. The van der Waals surface area contributed by atoms with Gasteiger partial charge >= 0.3 is 5.97 Å². The Morgan fingerprint density at radius 1 is 1.39 bits per heavy atom. The van der Waals surface area contributed by atoms with E-state index in [2.05, 4.69) is 15.5 Å². The first kappa shape index (κ1) is 12.2. The number of hydrogen-bond acceptors (Lipinski definition) is 4. The molecule has 1 heterocycles. The Hall–Kier alpha value is -2.24. The number of nitrogens with zero attached hydrogens (tertiary/aromatic N) is 4. The number of aromatic nitrogens is 4. The summed E-state index contributed by atoms with van der Waals surface area (Å²) in [6.07, 6.45) is 0.396. The Labute approximate surface area is 104 Å². The molecule has 0 amide bonds. The molecule has 1 atom stereocenters. The summed E-state index contributed by atoms with van der Waals surface area (Å²) < 4.78 is 1.37. The van der Waals surface area contributed by atoms with Gasteiger partial charge in [0.1, 0.15) is 0 Å². The van der Waals surface area contributed by atoms with Gasteiger partial charge in [0.15, 0.2) is 11.4 Å².